The van der Waals surface area contributed by atoms with Crippen LogP contribution in [0.4, 0.5) is 4.79 Å². The highest BCUT2D eigenvalue weighted by atomic mass is 16.5. The molecule has 1 amide bonds. The minimum absolute atomic E-state index is 0.0313. The van der Waals surface area contributed by atoms with Crippen molar-refractivity contribution in [3.05, 3.63) is 35.9 Å². The second kappa shape index (κ2) is 7.68. The summed E-state index contributed by atoms with van der Waals surface area (Å²) < 4.78 is 10.4. The van der Waals surface area contributed by atoms with E-state index in [1.807, 2.05) is 30.3 Å². The maximum Gasteiger partial charge on any atom is 0.407 e. The Kier molecular flexibility index (Phi) is 5.36. The number of amides is 1. The van der Waals surface area contributed by atoms with Gasteiger partial charge in [0.25, 0.3) is 0 Å². The Morgan fingerprint density at radius 3 is 2.60 bits per heavy atom. The first-order valence-electron chi connectivity index (χ1n) is 8.76. The van der Waals surface area contributed by atoms with E-state index in [1.54, 1.807) is 6.92 Å². The van der Waals surface area contributed by atoms with Crippen molar-refractivity contribution < 1.29 is 23.9 Å². The summed E-state index contributed by atoms with van der Waals surface area (Å²) in [6.07, 6.45) is 1.35. The first-order chi connectivity index (χ1) is 12.1. The van der Waals surface area contributed by atoms with Crippen molar-refractivity contribution in [2.75, 3.05) is 6.61 Å². The average Bonchev–Trinajstić information content (AvgIpc) is 2.62. The second-order valence-corrected chi connectivity index (χ2v) is 6.62. The van der Waals surface area contributed by atoms with Gasteiger partial charge in [0, 0.05) is 18.4 Å². The molecule has 4 atom stereocenters. The number of hydrogen-bond acceptors (Lipinski definition) is 5. The number of ketones is 1. The third-order valence-corrected chi connectivity index (χ3v) is 5.11. The van der Waals surface area contributed by atoms with Crippen molar-refractivity contribution in [1.82, 2.24) is 5.32 Å². The number of fused-ring (bicyclic) bond motifs is 3. The minimum Gasteiger partial charge on any atom is -0.466 e. The molecule has 3 aliphatic carbocycles. The van der Waals surface area contributed by atoms with Gasteiger partial charge in [0.2, 0.25) is 0 Å². The van der Waals surface area contributed by atoms with Gasteiger partial charge in [-0.25, -0.2) is 4.79 Å². The summed E-state index contributed by atoms with van der Waals surface area (Å²) in [5.41, 5.74) is 0.889. The third kappa shape index (κ3) is 3.83. The number of hydrogen-bond donors (Lipinski definition) is 1. The molecule has 0 aromatic heterocycles. The topological polar surface area (TPSA) is 81.7 Å². The Hall–Kier alpha value is -2.37. The maximum atomic E-state index is 12.3. The van der Waals surface area contributed by atoms with Crippen molar-refractivity contribution in [3.8, 4) is 0 Å². The molecule has 0 spiro atoms. The number of rotatable bonds is 5. The smallest absolute Gasteiger partial charge is 0.407 e. The molecule has 1 N–H and O–H groups in total. The molecule has 0 radical (unpaired) electrons. The Morgan fingerprint density at radius 2 is 1.92 bits per heavy atom. The van der Waals surface area contributed by atoms with Crippen LogP contribution < -0.4 is 5.32 Å². The Labute approximate surface area is 146 Å². The van der Waals surface area contributed by atoms with Crippen molar-refractivity contribution in [2.24, 2.45) is 17.8 Å². The van der Waals surface area contributed by atoms with Gasteiger partial charge >= 0.3 is 12.1 Å². The van der Waals surface area contributed by atoms with Crippen molar-refractivity contribution in [2.45, 2.75) is 38.8 Å². The fraction of sp³-hybridized carbons (Fsp3) is 0.526. The quantitative estimate of drug-likeness (QED) is 0.829. The molecule has 3 aliphatic rings. The van der Waals surface area contributed by atoms with Gasteiger partial charge in [-0.1, -0.05) is 30.3 Å². The Bertz CT molecular complexity index is 644. The summed E-state index contributed by atoms with van der Waals surface area (Å²) in [5.74, 6) is -1.30. The van der Waals surface area contributed by atoms with Crippen LogP contribution in [0, 0.1) is 17.8 Å². The zero-order valence-corrected chi connectivity index (χ0v) is 14.3. The number of benzene rings is 1. The highest BCUT2D eigenvalue weighted by Crippen LogP contribution is 2.43. The molecule has 6 heteroatoms. The molecular formula is C19H23NO5. The Balaban J connectivity index is 1.65. The summed E-state index contributed by atoms with van der Waals surface area (Å²) >= 11 is 0. The van der Waals surface area contributed by atoms with Gasteiger partial charge in [0.15, 0.2) is 0 Å². The molecule has 0 aliphatic heterocycles. The standard InChI is InChI=1S/C19H23NO5/c1-2-24-18(22)16-14-9-8-13(10-15(14)21)17(16)20-19(23)25-11-12-6-4-3-5-7-12/h3-7,13-14,16-17H,2,8-11H2,1H3,(H,20,23)/t13-,14+,16-,17-/m1/s1. The molecule has 0 saturated heterocycles. The van der Waals surface area contributed by atoms with Gasteiger partial charge in [0.05, 0.1) is 12.5 Å². The van der Waals surface area contributed by atoms with E-state index < -0.39 is 24.0 Å². The van der Waals surface area contributed by atoms with Crippen LogP contribution in [-0.2, 0) is 25.7 Å². The maximum absolute atomic E-state index is 12.3. The monoisotopic (exact) mass is 345 g/mol. The summed E-state index contributed by atoms with van der Waals surface area (Å²) in [6, 6.07) is 8.98. The van der Waals surface area contributed by atoms with E-state index in [0.717, 1.165) is 12.0 Å². The van der Waals surface area contributed by atoms with E-state index in [2.05, 4.69) is 5.32 Å². The van der Waals surface area contributed by atoms with E-state index in [4.69, 9.17) is 9.47 Å². The van der Waals surface area contributed by atoms with E-state index >= 15 is 0 Å². The molecular weight excluding hydrogens is 322 g/mol. The van der Waals surface area contributed by atoms with Crippen LogP contribution in [-0.4, -0.2) is 30.5 Å². The number of ether oxygens (including phenoxy) is 2. The van der Waals surface area contributed by atoms with Gasteiger partial charge in [0.1, 0.15) is 12.4 Å². The number of esters is 1. The van der Waals surface area contributed by atoms with Crippen LogP contribution in [0.2, 0.25) is 0 Å². The van der Waals surface area contributed by atoms with Crippen LogP contribution in [0.1, 0.15) is 31.7 Å². The highest BCUT2D eigenvalue weighted by molar-refractivity contribution is 5.90. The summed E-state index contributed by atoms with van der Waals surface area (Å²) in [6.45, 7) is 2.15. The predicted molar refractivity (Wildman–Crippen MR) is 89.5 cm³/mol. The third-order valence-electron chi connectivity index (χ3n) is 5.11. The van der Waals surface area contributed by atoms with Gasteiger partial charge in [-0.05, 0) is 31.2 Å². The molecule has 2 bridgehead atoms. The molecule has 3 fully saturated rings. The van der Waals surface area contributed by atoms with Gasteiger partial charge in [-0.2, -0.15) is 0 Å². The lowest BCUT2D eigenvalue weighted by molar-refractivity contribution is -0.160. The van der Waals surface area contributed by atoms with Crippen molar-refractivity contribution >= 4 is 17.8 Å². The molecule has 1 aromatic rings. The lowest BCUT2D eigenvalue weighted by Crippen LogP contribution is -2.59. The van der Waals surface area contributed by atoms with Crippen molar-refractivity contribution in [3.63, 3.8) is 0 Å². The normalized spacial score (nSPS) is 27.6. The molecule has 3 saturated carbocycles. The second-order valence-electron chi connectivity index (χ2n) is 6.62. The number of Topliss-reactive ketones (excluding diaryl/α,β-unsaturated/α-hetero) is 1. The molecule has 1 aromatic carbocycles. The zero-order valence-electron chi connectivity index (χ0n) is 14.3. The molecule has 0 unspecified atom stereocenters. The van der Waals surface area contributed by atoms with Crippen LogP contribution >= 0.6 is 0 Å². The summed E-state index contributed by atoms with van der Waals surface area (Å²) in [4.78, 5) is 36.7. The van der Waals surface area contributed by atoms with Crippen molar-refractivity contribution in [1.29, 1.82) is 0 Å². The lowest BCUT2D eigenvalue weighted by atomic mass is 9.61. The molecule has 6 nitrogen and oxygen atoms in total. The SMILES string of the molecule is CCOC(=O)[C@H]1[C@H](NC(=O)OCc2ccccc2)[C@@H]2CC[C@H]1C(=O)C2. The zero-order chi connectivity index (χ0) is 17.8. The fourth-order valence-corrected chi connectivity index (χ4v) is 3.95. The molecule has 0 heterocycles. The molecule has 134 valence electrons. The lowest BCUT2D eigenvalue weighted by Gasteiger charge is -2.46. The van der Waals surface area contributed by atoms with Gasteiger partial charge in [-0.3, -0.25) is 9.59 Å². The number of alkyl carbamates (subject to hydrolysis) is 1. The van der Waals surface area contributed by atoms with E-state index in [0.29, 0.717) is 12.8 Å². The van der Waals surface area contributed by atoms with Gasteiger partial charge in [-0.15, -0.1) is 0 Å². The minimum atomic E-state index is -0.607. The highest BCUT2D eigenvalue weighted by Gasteiger charge is 2.52. The average molecular weight is 345 g/mol. The van der Waals surface area contributed by atoms with Gasteiger partial charge < -0.3 is 14.8 Å². The molecule has 25 heavy (non-hydrogen) atoms. The number of nitrogens with one attached hydrogen (secondary N) is 1. The number of carbonyl (C=O) groups excluding carboxylic acids is 3. The first-order valence-corrected chi connectivity index (χ1v) is 8.76. The molecule has 4 rings (SSSR count). The van der Waals surface area contributed by atoms with E-state index in [-0.39, 0.29) is 30.8 Å². The first kappa shape index (κ1) is 17.5. The van der Waals surface area contributed by atoms with Crippen LogP contribution in [0.25, 0.3) is 0 Å². The Morgan fingerprint density at radius 1 is 1.16 bits per heavy atom. The fourth-order valence-electron chi connectivity index (χ4n) is 3.95. The number of carbonyl (C=O) groups is 3. The van der Waals surface area contributed by atoms with E-state index in [9.17, 15) is 14.4 Å². The summed E-state index contributed by atoms with van der Waals surface area (Å²) in [5, 5.41) is 2.82. The summed E-state index contributed by atoms with van der Waals surface area (Å²) in [7, 11) is 0. The predicted octanol–water partition coefficient (Wildman–Crippen LogP) is 2.46. The van der Waals surface area contributed by atoms with Crippen LogP contribution in [0.3, 0.4) is 0 Å². The largest absolute Gasteiger partial charge is 0.466 e. The van der Waals surface area contributed by atoms with Crippen LogP contribution in [0.15, 0.2) is 30.3 Å². The van der Waals surface area contributed by atoms with E-state index in [1.165, 1.54) is 0 Å². The van der Waals surface area contributed by atoms with Crippen LogP contribution in [0.5, 0.6) is 0 Å².